The van der Waals surface area contributed by atoms with Gasteiger partial charge < -0.3 is 14.0 Å². The zero-order valence-electron chi connectivity index (χ0n) is 18.9. The molecule has 0 saturated carbocycles. The summed E-state index contributed by atoms with van der Waals surface area (Å²) in [5, 5.41) is 0. The van der Waals surface area contributed by atoms with Crippen molar-refractivity contribution in [1.82, 2.24) is 4.57 Å². The zero-order chi connectivity index (χ0) is 24.1. The molecule has 3 aromatic rings. The van der Waals surface area contributed by atoms with Crippen LogP contribution in [0.1, 0.15) is 37.7 Å². The summed E-state index contributed by atoms with van der Waals surface area (Å²) in [6.45, 7) is 3.72. The summed E-state index contributed by atoms with van der Waals surface area (Å²) >= 11 is 0. The Morgan fingerprint density at radius 3 is 2.33 bits per heavy atom. The van der Waals surface area contributed by atoms with Crippen molar-refractivity contribution in [3.8, 4) is 0 Å². The van der Waals surface area contributed by atoms with Crippen LogP contribution in [0.25, 0.3) is 0 Å². The Morgan fingerprint density at radius 1 is 1.00 bits per heavy atom. The first-order chi connectivity index (χ1) is 15.7. The minimum absolute atomic E-state index is 0.139. The number of esters is 1. The minimum Gasteiger partial charge on any atom is -0.454 e. The summed E-state index contributed by atoms with van der Waals surface area (Å²) in [5.41, 5.74) is 3.37. The highest BCUT2D eigenvalue weighted by atomic mass is 19.1. The highest BCUT2D eigenvalue weighted by molar-refractivity contribution is 6.03. The summed E-state index contributed by atoms with van der Waals surface area (Å²) < 4.78 is 25.1. The van der Waals surface area contributed by atoms with Crippen LogP contribution in [0, 0.1) is 19.7 Å². The van der Waals surface area contributed by atoms with E-state index in [0.717, 1.165) is 17.0 Å². The summed E-state index contributed by atoms with van der Waals surface area (Å²) in [6.07, 6.45) is -0.639. The van der Waals surface area contributed by atoms with Crippen LogP contribution in [-0.4, -0.2) is 43.2 Å². The van der Waals surface area contributed by atoms with E-state index in [2.05, 4.69) is 0 Å². The average Bonchev–Trinajstić information content (AvgIpc) is 3.11. The molecule has 1 heterocycles. The van der Waals surface area contributed by atoms with E-state index in [-0.39, 0.29) is 17.2 Å². The van der Waals surface area contributed by atoms with Crippen molar-refractivity contribution in [3.63, 3.8) is 0 Å². The van der Waals surface area contributed by atoms with Crippen LogP contribution >= 0.6 is 0 Å². The van der Waals surface area contributed by atoms with E-state index in [1.807, 2.05) is 18.4 Å². The lowest BCUT2D eigenvalue weighted by Gasteiger charge is -2.18. The van der Waals surface area contributed by atoms with Crippen molar-refractivity contribution in [2.45, 2.75) is 20.4 Å². The van der Waals surface area contributed by atoms with Gasteiger partial charge in [-0.25, -0.2) is 14.0 Å². The largest absolute Gasteiger partial charge is 0.454 e. The maximum Gasteiger partial charge on any atom is 0.413 e. The molecule has 1 amide bonds. The number of aryl methyl sites for hydroxylation is 1. The monoisotopic (exact) mass is 452 g/mol. The van der Waals surface area contributed by atoms with Gasteiger partial charge >= 0.3 is 12.1 Å². The highest BCUT2D eigenvalue weighted by Crippen LogP contribution is 2.22. The van der Waals surface area contributed by atoms with E-state index in [4.69, 9.17) is 9.47 Å². The van der Waals surface area contributed by atoms with E-state index >= 15 is 0 Å². The standard InChI is InChI=1S/C25H25FN2O5/c1-16-13-21(17(2)28(16)14-18-9-11-19(26)12-10-18)23(29)15-33-24(30)20-7-5-6-8-22(20)27(3)25(31)32-4/h5-13H,14-15H2,1-4H3. The van der Waals surface area contributed by atoms with E-state index in [1.165, 1.54) is 37.3 Å². The van der Waals surface area contributed by atoms with E-state index < -0.39 is 18.7 Å². The quantitative estimate of drug-likeness (QED) is 0.389. The molecule has 33 heavy (non-hydrogen) atoms. The third kappa shape index (κ3) is 5.28. The molecule has 0 saturated heterocycles. The predicted octanol–water partition coefficient (Wildman–Crippen LogP) is 4.53. The van der Waals surface area contributed by atoms with Gasteiger partial charge in [-0.2, -0.15) is 0 Å². The fourth-order valence-corrected chi connectivity index (χ4v) is 3.56. The zero-order valence-corrected chi connectivity index (χ0v) is 18.9. The van der Waals surface area contributed by atoms with E-state index in [1.54, 1.807) is 36.4 Å². The number of ether oxygens (including phenoxy) is 2. The molecule has 7 nitrogen and oxygen atoms in total. The molecular weight excluding hydrogens is 427 g/mol. The molecule has 0 spiro atoms. The van der Waals surface area contributed by atoms with Crippen molar-refractivity contribution < 1.29 is 28.2 Å². The third-order valence-corrected chi connectivity index (χ3v) is 5.40. The van der Waals surface area contributed by atoms with Gasteiger partial charge in [0.15, 0.2) is 6.61 Å². The number of anilines is 1. The van der Waals surface area contributed by atoms with Crippen LogP contribution in [0.15, 0.2) is 54.6 Å². The summed E-state index contributed by atoms with van der Waals surface area (Å²) in [4.78, 5) is 38.5. The Balaban J connectivity index is 1.72. The first kappa shape index (κ1) is 23.7. The lowest BCUT2D eigenvalue weighted by atomic mass is 10.1. The first-order valence-electron chi connectivity index (χ1n) is 10.2. The number of para-hydroxylation sites is 1. The van der Waals surface area contributed by atoms with Gasteiger partial charge in [-0.05, 0) is 49.7 Å². The number of nitrogens with zero attached hydrogens (tertiary/aromatic N) is 2. The third-order valence-electron chi connectivity index (χ3n) is 5.40. The van der Waals surface area contributed by atoms with Crippen LogP contribution < -0.4 is 4.90 Å². The number of halogens is 1. The van der Waals surface area contributed by atoms with Crippen LogP contribution in [-0.2, 0) is 16.0 Å². The highest BCUT2D eigenvalue weighted by Gasteiger charge is 2.22. The molecule has 3 rings (SSSR count). The molecule has 0 aliphatic heterocycles. The summed E-state index contributed by atoms with van der Waals surface area (Å²) in [6, 6.07) is 14.3. The lowest BCUT2D eigenvalue weighted by molar-refractivity contribution is 0.0475. The average molecular weight is 452 g/mol. The van der Waals surface area contributed by atoms with Gasteiger partial charge in [0.2, 0.25) is 5.78 Å². The van der Waals surface area contributed by atoms with Gasteiger partial charge in [-0.1, -0.05) is 24.3 Å². The van der Waals surface area contributed by atoms with E-state index in [0.29, 0.717) is 17.8 Å². The number of ketones is 1. The Morgan fingerprint density at radius 2 is 1.67 bits per heavy atom. The Labute approximate surface area is 191 Å². The van der Waals surface area contributed by atoms with Crippen molar-refractivity contribution >= 4 is 23.5 Å². The minimum atomic E-state index is -0.727. The molecule has 0 N–H and O–H groups in total. The van der Waals surface area contributed by atoms with Gasteiger partial charge in [0, 0.05) is 30.5 Å². The molecular formula is C25H25FN2O5. The topological polar surface area (TPSA) is 77.8 Å². The van der Waals surface area contributed by atoms with Crippen molar-refractivity contribution in [2.75, 3.05) is 25.7 Å². The number of carbonyl (C=O) groups is 3. The van der Waals surface area contributed by atoms with Crippen LogP contribution in [0.4, 0.5) is 14.9 Å². The SMILES string of the molecule is COC(=O)N(C)c1ccccc1C(=O)OCC(=O)c1cc(C)n(Cc2ccc(F)cc2)c1C. The Hall–Kier alpha value is -3.94. The van der Waals surface area contributed by atoms with Crippen molar-refractivity contribution in [1.29, 1.82) is 0 Å². The second kappa shape index (κ2) is 10.1. The lowest BCUT2D eigenvalue weighted by Crippen LogP contribution is -2.28. The number of methoxy groups -OCH3 is 1. The normalized spacial score (nSPS) is 10.6. The second-order valence-corrected chi connectivity index (χ2v) is 7.54. The molecule has 0 aliphatic carbocycles. The maximum absolute atomic E-state index is 13.2. The number of Topliss-reactive ketones (excluding diaryl/α,β-unsaturated/α-hetero) is 1. The van der Waals surface area contributed by atoms with Crippen LogP contribution in [0.3, 0.4) is 0 Å². The Bertz CT molecular complexity index is 1180. The molecule has 0 radical (unpaired) electrons. The molecule has 0 unspecified atom stereocenters. The molecule has 8 heteroatoms. The van der Waals surface area contributed by atoms with Gasteiger partial charge in [0.25, 0.3) is 0 Å². The second-order valence-electron chi connectivity index (χ2n) is 7.54. The molecule has 0 aliphatic rings. The number of aromatic nitrogens is 1. The fraction of sp³-hybridized carbons (Fsp3) is 0.240. The molecule has 0 bridgehead atoms. The number of benzene rings is 2. The molecule has 172 valence electrons. The number of hydrogen-bond acceptors (Lipinski definition) is 5. The van der Waals surface area contributed by atoms with Gasteiger partial charge in [-0.15, -0.1) is 0 Å². The Kier molecular flexibility index (Phi) is 7.27. The van der Waals surface area contributed by atoms with Gasteiger partial charge in [0.05, 0.1) is 18.4 Å². The van der Waals surface area contributed by atoms with Crippen molar-refractivity contribution in [2.24, 2.45) is 0 Å². The smallest absolute Gasteiger partial charge is 0.413 e. The summed E-state index contributed by atoms with van der Waals surface area (Å²) in [7, 11) is 2.71. The first-order valence-corrected chi connectivity index (χ1v) is 10.2. The molecule has 0 fully saturated rings. The number of carbonyl (C=O) groups excluding carboxylic acids is 3. The number of hydrogen-bond donors (Lipinski definition) is 0. The van der Waals surface area contributed by atoms with Crippen molar-refractivity contribution in [3.05, 3.63) is 88.5 Å². The number of amides is 1. The van der Waals surface area contributed by atoms with Gasteiger partial charge in [-0.3, -0.25) is 9.69 Å². The molecule has 1 aromatic heterocycles. The van der Waals surface area contributed by atoms with Crippen LogP contribution in [0.5, 0.6) is 0 Å². The molecule has 0 atom stereocenters. The van der Waals surface area contributed by atoms with Crippen LogP contribution in [0.2, 0.25) is 0 Å². The molecule has 2 aromatic carbocycles. The maximum atomic E-state index is 13.2. The predicted molar refractivity (Wildman–Crippen MR) is 121 cm³/mol. The summed E-state index contributed by atoms with van der Waals surface area (Å²) in [5.74, 6) is -1.38. The van der Waals surface area contributed by atoms with E-state index in [9.17, 15) is 18.8 Å². The fourth-order valence-electron chi connectivity index (χ4n) is 3.56. The van der Waals surface area contributed by atoms with Gasteiger partial charge in [0.1, 0.15) is 5.82 Å². The number of rotatable bonds is 7.